The standard InChI is InChI=1S/C21H18N4O3/c26-20-16-12-15(8-9-17(16)22-13-23-20)24-21(27)25-18(19-7-4-10-28-19)11-14-5-2-1-3-6-14/h1-10,12-13,18H,11H2,(H,22,23,26)(H2,24,25,27). The van der Waals surface area contributed by atoms with E-state index in [4.69, 9.17) is 4.42 Å². The van der Waals surface area contributed by atoms with Crippen molar-refractivity contribution in [1.29, 1.82) is 0 Å². The molecular formula is C21H18N4O3. The molecule has 7 nitrogen and oxygen atoms in total. The van der Waals surface area contributed by atoms with Gasteiger partial charge < -0.3 is 20.0 Å². The number of H-pyrrole nitrogens is 1. The number of nitrogens with one attached hydrogen (secondary N) is 3. The Labute approximate surface area is 160 Å². The fraction of sp³-hybridized carbons (Fsp3) is 0.0952. The van der Waals surface area contributed by atoms with Gasteiger partial charge in [0.15, 0.2) is 0 Å². The van der Waals surface area contributed by atoms with E-state index in [-0.39, 0.29) is 11.6 Å². The Bertz CT molecular complexity index is 1140. The lowest BCUT2D eigenvalue weighted by atomic mass is 10.0. The number of nitrogens with zero attached hydrogens (tertiary/aromatic N) is 1. The second kappa shape index (κ2) is 7.79. The molecule has 0 fully saturated rings. The predicted octanol–water partition coefficient (Wildman–Crippen LogP) is 3.62. The molecule has 0 aliphatic carbocycles. The van der Waals surface area contributed by atoms with E-state index in [9.17, 15) is 9.59 Å². The number of aromatic amines is 1. The van der Waals surface area contributed by atoms with E-state index in [1.807, 2.05) is 36.4 Å². The maximum atomic E-state index is 12.6. The number of anilines is 1. The molecule has 28 heavy (non-hydrogen) atoms. The van der Waals surface area contributed by atoms with Gasteiger partial charge in [-0.25, -0.2) is 9.78 Å². The van der Waals surface area contributed by atoms with Crippen LogP contribution in [0, 0.1) is 0 Å². The largest absolute Gasteiger partial charge is 0.467 e. The van der Waals surface area contributed by atoms with Gasteiger partial charge in [0.1, 0.15) is 5.76 Å². The van der Waals surface area contributed by atoms with Gasteiger partial charge in [-0.3, -0.25) is 4.79 Å². The average molecular weight is 374 g/mol. The third kappa shape index (κ3) is 3.93. The minimum absolute atomic E-state index is 0.258. The Hall–Kier alpha value is -3.87. The van der Waals surface area contributed by atoms with Crippen molar-refractivity contribution in [3.63, 3.8) is 0 Å². The summed E-state index contributed by atoms with van der Waals surface area (Å²) in [5.74, 6) is 0.665. The van der Waals surface area contributed by atoms with Crippen LogP contribution < -0.4 is 16.2 Å². The van der Waals surface area contributed by atoms with Gasteiger partial charge in [-0.2, -0.15) is 0 Å². The SMILES string of the molecule is O=C(Nc1ccc2nc[nH]c(=O)c2c1)NC(Cc1ccccc1)c1ccco1. The van der Waals surface area contributed by atoms with Crippen molar-refractivity contribution < 1.29 is 9.21 Å². The van der Waals surface area contributed by atoms with Gasteiger partial charge in [-0.15, -0.1) is 0 Å². The summed E-state index contributed by atoms with van der Waals surface area (Å²) in [6.45, 7) is 0. The summed E-state index contributed by atoms with van der Waals surface area (Å²) in [6, 6.07) is 17.7. The number of hydrogen-bond donors (Lipinski definition) is 3. The third-order valence-corrected chi connectivity index (χ3v) is 4.37. The summed E-state index contributed by atoms with van der Waals surface area (Å²) in [5, 5.41) is 6.11. The van der Waals surface area contributed by atoms with E-state index in [1.54, 1.807) is 30.5 Å². The smallest absolute Gasteiger partial charge is 0.319 e. The highest BCUT2D eigenvalue weighted by Gasteiger charge is 2.18. The van der Waals surface area contributed by atoms with Crippen molar-refractivity contribution in [2.24, 2.45) is 0 Å². The van der Waals surface area contributed by atoms with Gasteiger partial charge in [-0.05, 0) is 42.3 Å². The zero-order chi connectivity index (χ0) is 19.3. The van der Waals surface area contributed by atoms with Crippen LogP contribution in [0.15, 0.2) is 82.5 Å². The van der Waals surface area contributed by atoms with Gasteiger partial charge in [0, 0.05) is 5.69 Å². The Balaban J connectivity index is 1.51. The maximum Gasteiger partial charge on any atom is 0.319 e. The fourth-order valence-corrected chi connectivity index (χ4v) is 3.03. The van der Waals surface area contributed by atoms with Crippen molar-refractivity contribution in [2.75, 3.05) is 5.32 Å². The Morgan fingerprint density at radius 1 is 1.11 bits per heavy atom. The molecule has 1 atom stereocenters. The monoisotopic (exact) mass is 374 g/mol. The summed E-state index contributed by atoms with van der Waals surface area (Å²) in [4.78, 5) is 31.1. The van der Waals surface area contributed by atoms with Gasteiger partial charge in [-0.1, -0.05) is 30.3 Å². The molecule has 3 N–H and O–H groups in total. The summed E-state index contributed by atoms with van der Waals surface area (Å²) >= 11 is 0. The third-order valence-electron chi connectivity index (χ3n) is 4.37. The molecule has 0 aliphatic rings. The molecule has 2 aromatic carbocycles. The number of carbonyl (C=O) groups is 1. The topological polar surface area (TPSA) is 100 Å². The number of amides is 2. The molecule has 0 bridgehead atoms. The summed E-state index contributed by atoms with van der Waals surface area (Å²) < 4.78 is 5.50. The number of benzene rings is 2. The summed E-state index contributed by atoms with van der Waals surface area (Å²) in [6.07, 6.45) is 3.51. The van der Waals surface area contributed by atoms with Crippen LogP contribution in [0.5, 0.6) is 0 Å². The maximum absolute atomic E-state index is 12.6. The highest BCUT2D eigenvalue weighted by atomic mass is 16.3. The van der Waals surface area contributed by atoms with Gasteiger partial charge >= 0.3 is 6.03 Å². The van der Waals surface area contributed by atoms with Crippen LogP contribution in [0.25, 0.3) is 10.9 Å². The van der Waals surface area contributed by atoms with E-state index in [0.29, 0.717) is 28.8 Å². The average Bonchev–Trinajstić information content (AvgIpc) is 3.24. The zero-order valence-electron chi connectivity index (χ0n) is 14.9. The molecular weight excluding hydrogens is 356 g/mol. The first-order valence-corrected chi connectivity index (χ1v) is 8.81. The van der Waals surface area contributed by atoms with Crippen LogP contribution in [0.1, 0.15) is 17.4 Å². The summed E-state index contributed by atoms with van der Waals surface area (Å²) in [7, 11) is 0. The van der Waals surface area contributed by atoms with E-state index >= 15 is 0 Å². The molecule has 0 spiro atoms. The molecule has 2 amide bonds. The van der Waals surface area contributed by atoms with E-state index in [1.165, 1.54) is 6.33 Å². The number of furan rings is 1. The van der Waals surface area contributed by atoms with Crippen molar-refractivity contribution in [1.82, 2.24) is 15.3 Å². The molecule has 4 rings (SSSR count). The Morgan fingerprint density at radius 3 is 2.75 bits per heavy atom. The van der Waals surface area contributed by atoms with Crippen molar-refractivity contribution in [2.45, 2.75) is 12.5 Å². The minimum Gasteiger partial charge on any atom is -0.467 e. The highest BCUT2D eigenvalue weighted by molar-refractivity contribution is 5.92. The summed E-state index contributed by atoms with van der Waals surface area (Å²) in [5.41, 5.74) is 1.88. The van der Waals surface area contributed by atoms with Crippen LogP contribution in [0.4, 0.5) is 10.5 Å². The number of carbonyl (C=O) groups excluding carboxylic acids is 1. The zero-order valence-corrected chi connectivity index (χ0v) is 14.9. The van der Waals surface area contributed by atoms with Crippen LogP contribution in [-0.4, -0.2) is 16.0 Å². The molecule has 0 saturated heterocycles. The minimum atomic E-state index is -0.392. The lowest BCUT2D eigenvalue weighted by Gasteiger charge is -2.17. The van der Waals surface area contributed by atoms with Crippen LogP contribution >= 0.6 is 0 Å². The van der Waals surface area contributed by atoms with Crippen LogP contribution in [0.3, 0.4) is 0 Å². The second-order valence-corrected chi connectivity index (χ2v) is 6.32. The fourth-order valence-electron chi connectivity index (χ4n) is 3.03. The van der Waals surface area contributed by atoms with E-state index in [2.05, 4.69) is 20.6 Å². The number of hydrogen-bond acceptors (Lipinski definition) is 4. The molecule has 140 valence electrons. The first-order valence-electron chi connectivity index (χ1n) is 8.81. The number of fused-ring (bicyclic) bond motifs is 1. The lowest BCUT2D eigenvalue weighted by Crippen LogP contribution is -2.33. The molecule has 0 aliphatic heterocycles. The number of aromatic nitrogens is 2. The highest BCUT2D eigenvalue weighted by Crippen LogP contribution is 2.20. The Kier molecular flexibility index (Phi) is 4.88. The van der Waals surface area contributed by atoms with E-state index in [0.717, 1.165) is 5.56 Å². The predicted molar refractivity (Wildman–Crippen MR) is 106 cm³/mol. The molecule has 2 heterocycles. The quantitative estimate of drug-likeness (QED) is 0.497. The van der Waals surface area contributed by atoms with Gasteiger partial charge in [0.05, 0.1) is 29.5 Å². The molecule has 0 saturated carbocycles. The van der Waals surface area contributed by atoms with Crippen LogP contribution in [-0.2, 0) is 6.42 Å². The van der Waals surface area contributed by atoms with Gasteiger partial charge in [0.2, 0.25) is 0 Å². The van der Waals surface area contributed by atoms with E-state index < -0.39 is 6.03 Å². The molecule has 4 aromatic rings. The van der Waals surface area contributed by atoms with Crippen molar-refractivity contribution in [3.8, 4) is 0 Å². The molecule has 2 aromatic heterocycles. The first kappa shape index (κ1) is 17.5. The first-order chi connectivity index (χ1) is 13.7. The Morgan fingerprint density at radius 2 is 1.96 bits per heavy atom. The van der Waals surface area contributed by atoms with Crippen molar-refractivity contribution in [3.05, 3.63) is 94.9 Å². The second-order valence-electron chi connectivity index (χ2n) is 6.32. The molecule has 0 radical (unpaired) electrons. The van der Waals surface area contributed by atoms with Gasteiger partial charge in [0.25, 0.3) is 5.56 Å². The lowest BCUT2D eigenvalue weighted by molar-refractivity contribution is 0.246. The van der Waals surface area contributed by atoms with Crippen molar-refractivity contribution >= 4 is 22.6 Å². The molecule has 7 heteroatoms. The number of rotatable bonds is 5. The normalized spacial score (nSPS) is 11.9. The number of urea groups is 1. The molecule has 1 unspecified atom stereocenters. The van der Waals surface area contributed by atoms with Crippen LogP contribution in [0.2, 0.25) is 0 Å².